The molecule has 0 aliphatic carbocycles. The maximum Gasteiger partial charge on any atom is 0.227 e. The molecular weight excluding hydrogens is 360 g/mol. The van der Waals surface area contributed by atoms with E-state index >= 15 is 0 Å². The maximum atomic E-state index is 12.4. The Bertz CT molecular complexity index is 754. The van der Waals surface area contributed by atoms with Gasteiger partial charge in [-0.15, -0.1) is 0 Å². The van der Waals surface area contributed by atoms with E-state index in [2.05, 4.69) is 5.32 Å². The van der Waals surface area contributed by atoms with Crippen molar-refractivity contribution >= 4 is 29.1 Å². The van der Waals surface area contributed by atoms with Crippen LogP contribution in [0.2, 0.25) is 5.02 Å². The van der Waals surface area contributed by atoms with Crippen molar-refractivity contribution in [2.75, 3.05) is 18.4 Å². The lowest BCUT2D eigenvalue weighted by molar-refractivity contribution is -0.134. The molecule has 2 aromatic rings. The molecule has 2 amide bonds. The summed E-state index contributed by atoms with van der Waals surface area (Å²) in [5.41, 5.74) is 2.02. The van der Waals surface area contributed by atoms with Crippen molar-refractivity contribution in [3.63, 3.8) is 0 Å². The van der Waals surface area contributed by atoms with Gasteiger partial charge in [0, 0.05) is 36.1 Å². The highest BCUT2D eigenvalue weighted by Crippen LogP contribution is 2.20. The first kappa shape index (κ1) is 19.4. The summed E-state index contributed by atoms with van der Waals surface area (Å²) in [5, 5.41) is 3.69. The second-order valence-corrected chi connectivity index (χ2v) is 7.43. The van der Waals surface area contributed by atoms with E-state index in [1.54, 1.807) is 0 Å². The summed E-state index contributed by atoms with van der Waals surface area (Å²) in [5.74, 6) is 0.213. The van der Waals surface area contributed by atoms with E-state index in [1.165, 1.54) is 5.56 Å². The fraction of sp³-hybridized carbons (Fsp3) is 0.364. The standard InChI is InChI=1S/C22H25ClN2O2/c23-19-11-9-17(10-12-19)5-4-8-21(26)25-15-13-18(14-16-25)22(27)24-20-6-2-1-3-7-20/h1-3,6-7,9-12,18H,4-5,8,13-16H2,(H,24,27). The van der Waals surface area contributed by atoms with E-state index in [1.807, 2.05) is 59.5 Å². The van der Waals surface area contributed by atoms with Gasteiger partial charge in [-0.25, -0.2) is 0 Å². The molecule has 1 N–H and O–H groups in total. The maximum absolute atomic E-state index is 12.4. The van der Waals surface area contributed by atoms with Gasteiger partial charge in [-0.2, -0.15) is 0 Å². The van der Waals surface area contributed by atoms with Crippen LogP contribution >= 0.6 is 11.6 Å². The van der Waals surface area contributed by atoms with Crippen LogP contribution < -0.4 is 5.32 Å². The molecule has 142 valence electrons. The first-order chi connectivity index (χ1) is 13.1. The molecule has 0 bridgehead atoms. The highest BCUT2D eigenvalue weighted by molar-refractivity contribution is 6.30. The molecule has 2 aromatic carbocycles. The molecule has 0 unspecified atom stereocenters. The van der Waals surface area contributed by atoms with Crippen LogP contribution in [0.4, 0.5) is 5.69 Å². The normalized spacial score (nSPS) is 14.8. The summed E-state index contributed by atoms with van der Waals surface area (Å²) in [6.07, 6.45) is 3.69. The third-order valence-electron chi connectivity index (χ3n) is 5.03. The number of aryl methyl sites for hydroxylation is 1. The summed E-state index contributed by atoms with van der Waals surface area (Å²) < 4.78 is 0. The molecule has 0 saturated carbocycles. The fourth-order valence-electron chi connectivity index (χ4n) is 3.41. The summed E-state index contributed by atoms with van der Waals surface area (Å²) in [7, 11) is 0. The summed E-state index contributed by atoms with van der Waals surface area (Å²) in [4.78, 5) is 26.7. The Labute approximate surface area is 165 Å². The number of hydrogen-bond donors (Lipinski definition) is 1. The van der Waals surface area contributed by atoms with Crippen LogP contribution in [0.25, 0.3) is 0 Å². The zero-order valence-electron chi connectivity index (χ0n) is 15.4. The molecule has 1 heterocycles. The minimum Gasteiger partial charge on any atom is -0.343 e. The van der Waals surface area contributed by atoms with Crippen molar-refractivity contribution in [2.45, 2.75) is 32.1 Å². The minimum absolute atomic E-state index is 0.0247. The highest BCUT2D eigenvalue weighted by Gasteiger charge is 2.27. The zero-order chi connectivity index (χ0) is 19.1. The Morgan fingerprint density at radius 3 is 2.33 bits per heavy atom. The average Bonchev–Trinajstić information content (AvgIpc) is 2.70. The second kappa shape index (κ2) is 9.56. The third kappa shape index (κ3) is 5.83. The molecule has 0 atom stereocenters. The van der Waals surface area contributed by atoms with Gasteiger partial charge in [0.1, 0.15) is 0 Å². The summed E-state index contributed by atoms with van der Waals surface area (Å²) >= 11 is 5.89. The first-order valence-electron chi connectivity index (χ1n) is 9.50. The van der Waals surface area contributed by atoms with Gasteiger partial charge < -0.3 is 10.2 Å². The number of anilines is 1. The largest absolute Gasteiger partial charge is 0.343 e. The third-order valence-corrected chi connectivity index (χ3v) is 5.28. The molecule has 1 fully saturated rings. The Morgan fingerprint density at radius 1 is 1.00 bits per heavy atom. The number of nitrogens with zero attached hydrogens (tertiary/aromatic N) is 1. The number of carbonyl (C=O) groups excluding carboxylic acids is 2. The molecule has 0 aromatic heterocycles. The summed E-state index contributed by atoms with van der Waals surface area (Å²) in [6.45, 7) is 1.32. The van der Waals surface area contributed by atoms with Crippen LogP contribution in [-0.4, -0.2) is 29.8 Å². The lowest BCUT2D eigenvalue weighted by Gasteiger charge is -2.31. The quantitative estimate of drug-likeness (QED) is 0.794. The van der Waals surface area contributed by atoms with Crippen molar-refractivity contribution < 1.29 is 9.59 Å². The SMILES string of the molecule is O=C(Nc1ccccc1)C1CCN(C(=O)CCCc2ccc(Cl)cc2)CC1. The number of benzene rings is 2. The van der Waals surface area contributed by atoms with Crippen molar-refractivity contribution in [2.24, 2.45) is 5.92 Å². The van der Waals surface area contributed by atoms with E-state index in [9.17, 15) is 9.59 Å². The van der Waals surface area contributed by atoms with Crippen LogP contribution in [0, 0.1) is 5.92 Å². The number of halogens is 1. The summed E-state index contributed by atoms with van der Waals surface area (Å²) in [6, 6.07) is 17.3. The van der Waals surface area contributed by atoms with Gasteiger partial charge in [0.15, 0.2) is 0 Å². The molecular formula is C22H25ClN2O2. The average molecular weight is 385 g/mol. The number of piperidine rings is 1. The second-order valence-electron chi connectivity index (χ2n) is 6.99. The fourth-order valence-corrected chi connectivity index (χ4v) is 3.54. The number of carbonyl (C=O) groups is 2. The van der Waals surface area contributed by atoms with Crippen LogP contribution in [-0.2, 0) is 16.0 Å². The van der Waals surface area contributed by atoms with Crippen LogP contribution in [0.5, 0.6) is 0 Å². The lowest BCUT2D eigenvalue weighted by Crippen LogP contribution is -2.41. The van der Waals surface area contributed by atoms with Gasteiger partial charge in [0.25, 0.3) is 0 Å². The Kier molecular flexibility index (Phi) is 6.88. The molecule has 4 nitrogen and oxygen atoms in total. The van der Waals surface area contributed by atoms with Crippen LogP contribution in [0.15, 0.2) is 54.6 Å². The Balaban J connectivity index is 1.38. The van der Waals surface area contributed by atoms with Gasteiger partial charge in [-0.05, 0) is 55.5 Å². The van der Waals surface area contributed by atoms with Gasteiger partial charge in [-0.1, -0.05) is 41.9 Å². The zero-order valence-corrected chi connectivity index (χ0v) is 16.1. The van der Waals surface area contributed by atoms with Crippen LogP contribution in [0.3, 0.4) is 0 Å². The van der Waals surface area contributed by atoms with Gasteiger partial charge in [0.2, 0.25) is 11.8 Å². The van der Waals surface area contributed by atoms with Crippen molar-refractivity contribution in [1.29, 1.82) is 0 Å². The molecule has 27 heavy (non-hydrogen) atoms. The first-order valence-corrected chi connectivity index (χ1v) is 9.88. The number of para-hydroxylation sites is 1. The molecule has 3 rings (SSSR count). The number of nitrogens with one attached hydrogen (secondary N) is 1. The molecule has 5 heteroatoms. The number of likely N-dealkylation sites (tertiary alicyclic amines) is 1. The van der Waals surface area contributed by atoms with Crippen LogP contribution in [0.1, 0.15) is 31.2 Å². The molecule has 0 spiro atoms. The number of hydrogen-bond acceptors (Lipinski definition) is 2. The minimum atomic E-state index is -0.0247. The van der Waals surface area contributed by atoms with E-state index < -0.39 is 0 Å². The van der Waals surface area contributed by atoms with Gasteiger partial charge >= 0.3 is 0 Å². The smallest absolute Gasteiger partial charge is 0.227 e. The highest BCUT2D eigenvalue weighted by atomic mass is 35.5. The molecule has 0 radical (unpaired) electrons. The topological polar surface area (TPSA) is 49.4 Å². The van der Waals surface area contributed by atoms with E-state index in [4.69, 9.17) is 11.6 Å². The molecule has 1 saturated heterocycles. The van der Waals surface area contributed by atoms with Crippen molar-refractivity contribution in [3.8, 4) is 0 Å². The molecule has 1 aliphatic rings. The Morgan fingerprint density at radius 2 is 1.67 bits per heavy atom. The van der Waals surface area contributed by atoms with Gasteiger partial charge in [-0.3, -0.25) is 9.59 Å². The van der Waals surface area contributed by atoms with E-state index in [0.29, 0.717) is 19.5 Å². The van der Waals surface area contributed by atoms with E-state index in [-0.39, 0.29) is 17.7 Å². The predicted molar refractivity (Wildman–Crippen MR) is 109 cm³/mol. The molecule has 1 aliphatic heterocycles. The number of amides is 2. The lowest BCUT2D eigenvalue weighted by atomic mass is 9.95. The van der Waals surface area contributed by atoms with E-state index in [0.717, 1.165) is 36.4 Å². The van der Waals surface area contributed by atoms with Crippen molar-refractivity contribution in [3.05, 3.63) is 65.2 Å². The Hall–Kier alpha value is -2.33. The predicted octanol–water partition coefficient (Wildman–Crippen LogP) is 4.54. The monoisotopic (exact) mass is 384 g/mol. The van der Waals surface area contributed by atoms with Crippen molar-refractivity contribution in [1.82, 2.24) is 4.90 Å². The number of rotatable bonds is 6. The van der Waals surface area contributed by atoms with Gasteiger partial charge in [0.05, 0.1) is 0 Å².